The summed E-state index contributed by atoms with van der Waals surface area (Å²) < 4.78 is 24.0. The van der Waals surface area contributed by atoms with E-state index in [0.717, 1.165) is 42.8 Å². The Labute approximate surface area is 252 Å². The summed E-state index contributed by atoms with van der Waals surface area (Å²) in [6.07, 6.45) is 12.3. The van der Waals surface area contributed by atoms with Crippen molar-refractivity contribution in [1.82, 2.24) is 4.90 Å². The Morgan fingerprint density at radius 2 is 1.71 bits per heavy atom. The number of esters is 2. The van der Waals surface area contributed by atoms with Crippen molar-refractivity contribution < 1.29 is 33.4 Å². The Bertz CT molecular complexity index is 1090. The highest BCUT2D eigenvalue weighted by atomic mass is 32.2. The van der Waals surface area contributed by atoms with E-state index < -0.39 is 6.10 Å². The van der Waals surface area contributed by atoms with Crippen molar-refractivity contribution >= 4 is 29.6 Å². The molecule has 2 atom stereocenters. The Hall–Kier alpha value is -2.39. The van der Waals surface area contributed by atoms with Gasteiger partial charge in [0.2, 0.25) is 5.91 Å². The lowest BCUT2D eigenvalue weighted by Crippen LogP contribution is -2.50. The van der Waals surface area contributed by atoms with E-state index in [2.05, 4.69) is 0 Å². The summed E-state index contributed by atoms with van der Waals surface area (Å²) in [6, 6.07) is 6.05. The van der Waals surface area contributed by atoms with Gasteiger partial charge in [-0.3, -0.25) is 14.4 Å². The zero-order valence-corrected chi connectivity index (χ0v) is 25.2. The van der Waals surface area contributed by atoms with Gasteiger partial charge in [-0.25, -0.2) is 4.39 Å². The molecule has 1 heterocycles. The standard InChI is InChI=1S/C33H44FNO6S/c34-27-5-3-23(4-6-27)19-29(36)9-7-28-8-10-30(37)35(28)11-15-42-14-1-2-31(38)40-12-13-41-32(39)33-20-24-16-25(21-33)18-26(17-24)22-33/h3-7,9,24-26,28-29,36H,1-2,8,10-22H2/t24?,25?,26?,28-,29+,33?/m0/s1. The Morgan fingerprint density at radius 3 is 2.40 bits per heavy atom. The summed E-state index contributed by atoms with van der Waals surface area (Å²) in [5.41, 5.74) is 0.572. The Kier molecular flexibility index (Phi) is 10.6. The monoisotopic (exact) mass is 601 g/mol. The zero-order chi connectivity index (χ0) is 29.5. The van der Waals surface area contributed by atoms with Crippen molar-refractivity contribution in [2.75, 3.05) is 31.3 Å². The van der Waals surface area contributed by atoms with Crippen LogP contribution in [0.2, 0.25) is 0 Å². The molecular formula is C33H44FNO6S. The van der Waals surface area contributed by atoms with Gasteiger partial charge in [-0.2, -0.15) is 11.8 Å². The molecule has 9 heteroatoms. The van der Waals surface area contributed by atoms with Gasteiger partial charge >= 0.3 is 11.9 Å². The highest BCUT2D eigenvalue weighted by molar-refractivity contribution is 7.99. The molecule has 6 rings (SSSR count). The number of hydrogen-bond acceptors (Lipinski definition) is 7. The fourth-order valence-corrected chi connectivity index (χ4v) is 8.77. The zero-order valence-electron chi connectivity index (χ0n) is 24.4. The quantitative estimate of drug-likeness (QED) is 0.170. The van der Waals surface area contributed by atoms with Crippen LogP contribution in [0.4, 0.5) is 4.39 Å². The van der Waals surface area contributed by atoms with Crippen LogP contribution in [0.3, 0.4) is 0 Å². The second-order valence-corrected chi connectivity index (χ2v) is 14.0. The molecule has 5 fully saturated rings. The molecule has 42 heavy (non-hydrogen) atoms. The third-order valence-corrected chi connectivity index (χ3v) is 10.5. The van der Waals surface area contributed by atoms with E-state index in [0.29, 0.717) is 50.0 Å². The molecule has 1 amide bonds. The number of ether oxygens (including phenoxy) is 2. The second-order valence-electron chi connectivity index (χ2n) is 12.7. The van der Waals surface area contributed by atoms with Crippen LogP contribution in [0.1, 0.15) is 69.8 Å². The number of halogens is 1. The molecule has 7 nitrogen and oxygen atoms in total. The van der Waals surface area contributed by atoms with E-state index in [1.807, 2.05) is 11.0 Å². The van der Waals surface area contributed by atoms with Crippen LogP contribution in [0, 0.1) is 29.0 Å². The molecule has 0 unspecified atom stereocenters. The SMILES string of the molecule is O=C(CCCSCCN1C(=O)CC[C@@H]1C=C[C@@H](O)Cc1ccc(F)cc1)OCCOC(=O)C12CC3CC(CC(C3)C1)C2. The number of amides is 1. The molecule has 1 aliphatic heterocycles. The number of carbonyl (C=O) groups excluding carboxylic acids is 3. The number of aliphatic hydroxyl groups is 1. The number of thioether (sulfide) groups is 1. The van der Waals surface area contributed by atoms with Gasteiger partial charge in [0.15, 0.2) is 0 Å². The maximum absolute atomic E-state index is 13.1. The molecule has 1 saturated heterocycles. The van der Waals surface area contributed by atoms with Gasteiger partial charge in [-0.1, -0.05) is 24.3 Å². The van der Waals surface area contributed by atoms with Gasteiger partial charge in [0.05, 0.1) is 17.6 Å². The van der Waals surface area contributed by atoms with E-state index in [4.69, 9.17) is 9.47 Å². The minimum absolute atomic E-state index is 0.0343. The van der Waals surface area contributed by atoms with Crippen LogP contribution < -0.4 is 0 Å². The van der Waals surface area contributed by atoms with Gasteiger partial charge in [-0.05, 0) is 92.6 Å². The fraction of sp³-hybridized carbons (Fsp3) is 0.667. The topological polar surface area (TPSA) is 93.1 Å². The number of benzene rings is 1. The third kappa shape index (κ3) is 8.16. The molecule has 0 radical (unpaired) electrons. The normalized spacial score (nSPS) is 28.9. The van der Waals surface area contributed by atoms with Crippen LogP contribution in [0.25, 0.3) is 0 Å². The first kappa shape index (κ1) is 31.0. The van der Waals surface area contributed by atoms with E-state index in [1.165, 1.54) is 31.4 Å². The van der Waals surface area contributed by atoms with Crippen molar-refractivity contribution in [3.8, 4) is 0 Å². The number of rotatable bonds is 15. The van der Waals surface area contributed by atoms with E-state index in [-0.39, 0.29) is 48.3 Å². The summed E-state index contributed by atoms with van der Waals surface area (Å²) >= 11 is 1.70. The molecule has 5 aliphatic rings. The summed E-state index contributed by atoms with van der Waals surface area (Å²) in [4.78, 5) is 39.2. The number of aliphatic hydroxyl groups excluding tert-OH is 1. The number of likely N-dealkylation sites (tertiary alicyclic amines) is 1. The Balaban J connectivity index is 0.909. The van der Waals surface area contributed by atoms with Gasteiger partial charge in [0.25, 0.3) is 0 Å². The predicted molar refractivity (Wildman–Crippen MR) is 159 cm³/mol. The average Bonchev–Trinajstić information content (AvgIpc) is 3.31. The molecule has 4 bridgehead atoms. The second kappa shape index (κ2) is 14.4. The molecule has 0 aromatic heterocycles. The van der Waals surface area contributed by atoms with Crippen molar-refractivity contribution in [3.05, 3.63) is 47.8 Å². The van der Waals surface area contributed by atoms with Gasteiger partial charge < -0.3 is 19.5 Å². The van der Waals surface area contributed by atoms with Crippen molar-refractivity contribution in [3.63, 3.8) is 0 Å². The highest BCUT2D eigenvalue weighted by Gasteiger charge is 2.55. The first-order valence-electron chi connectivity index (χ1n) is 15.6. The maximum Gasteiger partial charge on any atom is 0.312 e. The number of nitrogens with zero attached hydrogens (tertiary/aromatic N) is 1. The van der Waals surface area contributed by atoms with E-state index in [1.54, 1.807) is 30.0 Å². The smallest absolute Gasteiger partial charge is 0.312 e. The fourth-order valence-electron chi connectivity index (χ4n) is 7.89. The average molecular weight is 602 g/mol. The van der Waals surface area contributed by atoms with Crippen LogP contribution in [0.15, 0.2) is 36.4 Å². The van der Waals surface area contributed by atoms with Crippen LogP contribution in [-0.2, 0) is 30.3 Å². The van der Waals surface area contributed by atoms with Crippen molar-refractivity contribution in [1.29, 1.82) is 0 Å². The summed E-state index contributed by atoms with van der Waals surface area (Å²) in [5.74, 6) is 3.07. The molecule has 230 valence electrons. The van der Waals surface area contributed by atoms with Crippen molar-refractivity contribution in [2.45, 2.75) is 82.8 Å². The summed E-state index contributed by atoms with van der Waals surface area (Å²) in [5, 5.41) is 10.3. The highest BCUT2D eigenvalue weighted by Crippen LogP contribution is 2.60. The van der Waals surface area contributed by atoms with Crippen molar-refractivity contribution in [2.24, 2.45) is 23.2 Å². The molecule has 1 aromatic carbocycles. The largest absolute Gasteiger partial charge is 0.462 e. The Morgan fingerprint density at radius 1 is 1.05 bits per heavy atom. The van der Waals surface area contributed by atoms with Crippen LogP contribution in [0.5, 0.6) is 0 Å². The van der Waals surface area contributed by atoms with Gasteiger partial charge in [0, 0.05) is 31.6 Å². The maximum atomic E-state index is 13.1. The first-order valence-corrected chi connectivity index (χ1v) is 16.8. The van der Waals surface area contributed by atoms with E-state index >= 15 is 0 Å². The molecular weight excluding hydrogens is 557 g/mol. The van der Waals surface area contributed by atoms with Crippen LogP contribution in [-0.4, -0.2) is 71.3 Å². The van der Waals surface area contributed by atoms with Gasteiger partial charge in [0.1, 0.15) is 19.0 Å². The molecule has 4 aliphatic carbocycles. The minimum atomic E-state index is -0.698. The molecule has 0 spiro atoms. The number of hydrogen-bond donors (Lipinski definition) is 1. The molecule has 1 N–H and O–H groups in total. The lowest BCUT2D eigenvalue weighted by atomic mass is 9.49. The first-order chi connectivity index (χ1) is 20.3. The minimum Gasteiger partial charge on any atom is -0.462 e. The predicted octanol–water partition coefficient (Wildman–Crippen LogP) is 5.09. The summed E-state index contributed by atoms with van der Waals surface area (Å²) in [6.45, 7) is 0.852. The molecule has 4 saturated carbocycles. The van der Waals surface area contributed by atoms with E-state index in [9.17, 15) is 23.9 Å². The van der Waals surface area contributed by atoms with Gasteiger partial charge in [-0.15, -0.1) is 0 Å². The lowest BCUT2D eigenvalue weighted by Gasteiger charge is -2.55. The lowest BCUT2D eigenvalue weighted by molar-refractivity contribution is -0.174. The molecule has 1 aromatic rings. The van der Waals surface area contributed by atoms with Crippen LogP contribution >= 0.6 is 11.8 Å². The third-order valence-electron chi connectivity index (χ3n) is 9.49. The summed E-state index contributed by atoms with van der Waals surface area (Å²) in [7, 11) is 0. The number of carbonyl (C=O) groups is 3.